The van der Waals surface area contributed by atoms with Gasteiger partial charge in [-0.05, 0) is 62.4 Å². The topological polar surface area (TPSA) is 85.0 Å². The molecule has 0 saturated heterocycles. The number of anilines is 2. The lowest BCUT2D eigenvalue weighted by Gasteiger charge is -2.27. The Kier molecular flexibility index (Phi) is 4.82. The maximum absolute atomic E-state index is 13.4. The molecule has 0 radical (unpaired) electrons. The number of allylic oxidation sites excluding steroid dienone is 1. The number of fused-ring (bicyclic) bond motifs is 1. The van der Waals surface area contributed by atoms with Crippen LogP contribution in [0.4, 0.5) is 16.0 Å². The molecular formula is C24H20FN5O2. The Labute approximate surface area is 183 Å². The van der Waals surface area contributed by atoms with Gasteiger partial charge in [0, 0.05) is 16.9 Å². The molecule has 1 aliphatic heterocycles. The second kappa shape index (κ2) is 7.81. The predicted molar refractivity (Wildman–Crippen MR) is 118 cm³/mol. The maximum Gasteiger partial charge on any atom is 0.256 e. The highest BCUT2D eigenvalue weighted by atomic mass is 19.1. The number of hydrogen-bond donors (Lipinski definition) is 2. The zero-order valence-electron chi connectivity index (χ0n) is 17.5. The van der Waals surface area contributed by atoms with Gasteiger partial charge in [0.15, 0.2) is 5.82 Å². The number of benzene rings is 2. The number of aryl methyl sites for hydroxylation is 1. The molecule has 2 N–H and O–H groups in total. The summed E-state index contributed by atoms with van der Waals surface area (Å²) in [5, 5.41) is 10.8. The number of aromatic nitrogens is 3. The van der Waals surface area contributed by atoms with E-state index in [2.05, 4.69) is 20.7 Å². The summed E-state index contributed by atoms with van der Waals surface area (Å²) in [6, 6.07) is 18.2. The van der Waals surface area contributed by atoms with Gasteiger partial charge in [-0.25, -0.2) is 9.07 Å². The second-order valence-electron chi connectivity index (χ2n) is 7.55. The molecule has 160 valence electrons. The van der Waals surface area contributed by atoms with Crippen molar-refractivity contribution in [3.8, 4) is 11.4 Å². The zero-order valence-corrected chi connectivity index (χ0v) is 17.5. The van der Waals surface area contributed by atoms with Crippen LogP contribution in [0, 0.1) is 12.7 Å². The molecule has 1 amide bonds. The number of hydrogen-bond acceptors (Lipinski definition) is 5. The number of amides is 1. The Morgan fingerprint density at radius 2 is 1.81 bits per heavy atom. The molecular weight excluding hydrogens is 409 g/mol. The molecule has 0 fully saturated rings. The molecule has 32 heavy (non-hydrogen) atoms. The van der Waals surface area contributed by atoms with Crippen LogP contribution in [0.15, 0.2) is 82.4 Å². The van der Waals surface area contributed by atoms with Crippen molar-refractivity contribution in [1.29, 1.82) is 0 Å². The quantitative estimate of drug-likeness (QED) is 0.481. The van der Waals surface area contributed by atoms with Gasteiger partial charge in [0.25, 0.3) is 5.91 Å². The van der Waals surface area contributed by atoms with Gasteiger partial charge in [-0.15, -0.1) is 5.10 Å². The predicted octanol–water partition coefficient (Wildman–Crippen LogP) is 4.91. The van der Waals surface area contributed by atoms with Crippen molar-refractivity contribution in [2.75, 3.05) is 10.6 Å². The Morgan fingerprint density at radius 1 is 1.06 bits per heavy atom. The molecule has 3 heterocycles. The fraction of sp³-hybridized carbons (Fsp3) is 0.125. The fourth-order valence-electron chi connectivity index (χ4n) is 3.75. The van der Waals surface area contributed by atoms with Crippen LogP contribution in [0.5, 0.6) is 0 Å². The molecule has 2 aromatic heterocycles. The van der Waals surface area contributed by atoms with Crippen LogP contribution < -0.4 is 10.6 Å². The highest BCUT2D eigenvalue weighted by Gasteiger charge is 2.36. The number of furan rings is 1. The minimum atomic E-state index is -0.620. The third-order valence-corrected chi connectivity index (χ3v) is 5.26. The monoisotopic (exact) mass is 429 g/mol. The fourth-order valence-corrected chi connectivity index (χ4v) is 3.75. The Balaban J connectivity index is 1.59. The highest BCUT2D eigenvalue weighted by Crippen LogP contribution is 2.37. The number of carbonyl (C=O) groups excluding carboxylic acids is 1. The van der Waals surface area contributed by atoms with Crippen LogP contribution in [0.3, 0.4) is 0 Å². The van der Waals surface area contributed by atoms with Gasteiger partial charge < -0.3 is 15.1 Å². The number of nitrogens with one attached hydrogen (secondary N) is 2. The van der Waals surface area contributed by atoms with Crippen LogP contribution in [-0.4, -0.2) is 20.7 Å². The molecule has 1 unspecified atom stereocenters. The van der Waals surface area contributed by atoms with Crippen molar-refractivity contribution in [1.82, 2.24) is 14.8 Å². The molecule has 5 rings (SSSR count). The van der Waals surface area contributed by atoms with Gasteiger partial charge in [0.05, 0.1) is 5.57 Å². The molecule has 0 aliphatic carbocycles. The summed E-state index contributed by atoms with van der Waals surface area (Å²) in [4.78, 5) is 17.9. The molecule has 1 aliphatic rings. The van der Waals surface area contributed by atoms with Crippen molar-refractivity contribution >= 4 is 17.5 Å². The van der Waals surface area contributed by atoms with Crippen LogP contribution in [-0.2, 0) is 4.79 Å². The van der Waals surface area contributed by atoms with E-state index in [9.17, 15) is 9.18 Å². The number of para-hydroxylation sites is 1. The van der Waals surface area contributed by atoms with Crippen molar-refractivity contribution in [3.63, 3.8) is 0 Å². The third-order valence-electron chi connectivity index (χ3n) is 5.26. The summed E-state index contributed by atoms with van der Waals surface area (Å²) >= 11 is 0. The SMILES string of the molecule is CC1=C(C(=O)Nc2ccccc2)C(c2ccc(C)o2)n2nc(-c3ccc(F)cc3)nc2N1. The first-order chi connectivity index (χ1) is 15.5. The van der Waals surface area contributed by atoms with Gasteiger partial charge in [-0.1, -0.05) is 18.2 Å². The van der Waals surface area contributed by atoms with E-state index >= 15 is 0 Å². The summed E-state index contributed by atoms with van der Waals surface area (Å²) in [6.45, 7) is 3.66. The first kappa shape index (κ1) is 19.7. The van der Waals surface area contributed by atoms with Crippen LogP contribution in [0.25, 0.3) is 11.4 Å². The van der Waals surface area contributed by atoms with E-state index in [-0.39, 0.29) is 11.7 Å². The van der Waals surface area contributed by atoms with Crippen LogP contribution >= 0.6 is 0 Å². The normalized spacial score (nSPS) is 15.3. The van der Waals surface area contributed by atoms with Gasteiger partial charge in [0.2, 0.25) is 5.95 Å². The third kappa shape index (κ3) is 3.56. The molecule has 2 aromatic carbocycles. The smallest absolute Gasteiger partial charge is 0.256 e. The van der Waals surface area contributed by atoms with E-state index in [1.807, 2.05) is 56.3 Å². The first-order valence-corrected chi connectivity index (χ1v) is 10.1. The average molecular weight is 429 g/mol. The van der Waals surface area contributed by atoms with Crippen molar-refractivity contribution < 1.29 is 13.6 Å². The molecule has 0 saturated carbocycles. The van der Waals surface area contributed by atoms with E-state index in [4.69, 9.17) is 4.42 Å². The van der Waals surface area contributed by atoms with Crippen LogP contribution in [0.2, 0.25) is 0 Å². The largest absolute Gasteiger partial charge is 0.464 e. The Bertz CT molecular complexity index is 1320. The molecule has 7 nitrogen and oxygen atoms in total. The number of rotatable bonds is 4. The lowest BCUT2D eigenvalue weighted by atomic mass is 10.00. The molecule has 4 aromatic rings. The van der Waals surface area contributed by atoms with Crippen molar-refractivity contribution in [2.24, 2.45) is 0 Å². The second-order valence-corrected chi connectivity index (χ2v) is 7.55. The number of halogens is 1. The van der Waals surface area contributed by atoms with E-state index in [0.717, 1.165) is 5.76 Å². The standard InChI is InChI=1S/C24H20FN5O2/c1-14-8-13-19(32-14)21-20(23(31)27-18-6-4-3-5-7-18)15(2)26-24-28-22(29-30(21)24)16-9-11-17(25)12-10-16/h3-13,21H,1-2H3,(H,27,31)(H,26,28,29). The van der Waals surface area contributed by atoms with Gasteiger partial charge in [-0.2, -0.15) is 4.98 Å². The Morgan fingerprint density at radius 3 is 2.50 bits per heavy atom. The number of nitrogens with zero attached hydrogens (tertiary/aromatic N) is 3. The summed E-state index contributed by atoms with van der Waals surface area (Å²) < 4.78 is 20.9. The van der Waals surface area contributed by atoms with E-state index in [0.29, 0.717) is 40.1 Å². The maximum atomic E-state index is 13.4. The van der Waals surface area contributed by atoms with Crippen molar-refractivity contribution in [2.45, 2.75) is 19.9 Å². The summed E-state index contributed by atoms with van der Waals surface area (Å²) in [7, 11) is 0. The van der Waals surface area contributed by atoms with Gasteiger partial charge in [0.1, 0.15) is 23.4 Å². The summed E-state index contributed by atoms with van der Waals surface area (Å²) in [6.07, 6.45) is 0. The summed E-state index contributed by atoms with van der Waals surface area (Å²) in [5.41, 5.74) is 2.45. The van der Waals surface area contributed by atoms with E-state index in [1.54, 1.807) is 16.8 Å². The van der Waals surface area contributed by atoms with E-state index in [1.165, 1.54) is 12.1 Å². The van der Waals surface area contributed by atoms with Crippen LogP contribution in [0.1, 0.15) is 24.5 Å². The number of carbonyl (C=O) groups is 1. The zero-order chi connectivity index (χ0) is 22.2. The first-order valence-electron chi connectivity index (χ1n) is 10.1. The van der Waals surface area contributed by atoms with E-state index < -0.39 is 6.04 Å². The average Bonchev–Trinajstić information content (AvgIpc) is 3.40. The van der Waals surface area contributed by atoms with Crippen molar-refractivity contribution in [3.05, 3.63) is 95.3 Å². The minimum absolute atomic E-state index is 0.273. The van der Waals surface area contributed by atoms with Gasteiger partial charge in [-0.3, -0.25) is 4.79 Å². The summed E-state index contributed by atoms with van der Waals surface area (Å²) in [5.74, 6) is 1.56. The molecule has 8 heteroatoms. The highest BCUT2D eigenvalue weighted by molar-refractivity contribution is 6.05. The molecule has 1 atom stereocenters. The lowest BCUT2D eigenvalue weighted by Crippen LogP contribution is -2.31. The minimum Gasteiger partial charge on any atom is -0.464 e. The molecule has 0 spiro atoms. The van der Waals surface area contributed by atoms with Gasteiger partial charge >= 0.3 is 0 Å². The Hall–Kier alpha value is -4.20. The molecule has 0 bridgehead atoms. The lowest BCUT2D eigenvalue weighted by molar-refractivity contribution is -0.113.